The van der Waals surface area contributed by atoms with E-state index in [0.717, 1.165) is 29.8 Å². The molecule has 19 heavy (non-hydrogen) atoms. The Bertz CT molecular complexity index is 529. The number of nitrogen functional groups attached to an aromatic ring is 1. The van der Waals surface area contributed by atoms with Crippen molar-refractivity contribution in [3.63, 3.8) is 0 Å². The predicted octanol–water partition coefficient (Wildman–Crippen LogP) is 2.67. The molecule has 102 valence electrons. The van der Waals surface area contributed by atoms with Gasteiger partial charge in [0.15, 0.2) is 5.78 Å². The van der Waals surface area contributed by atoms with Gasteiger partial charge in [0.1, 0.15) is 0 Å². The minimum absolute atomic E-state index is 0.136. The molecule has 0 heterocycles. The fourth-order valence-electron chi connectivity index (χ4n) is 2.38. The van der Waals surface area contributed by atoms with Crippen molar-refractivity contribution < 1.29 is 4.79 Å². The first kappa shape index (κ1) is 14.1. The average Bonchev–Trinajstić information content (AvgIpc) is 2.66. The van der Waals surface area contributed by atoms with Crippen molar-refractivity contribution in [1.29, 1.82) is 0 Å². The summed E-state index contributed by atoms with van der Waals surface area (Å²) in [5.74, 6) is 0.136. The number of carbonyl (C=O) groups excluding carboxylic acids is 1. The highest BCUT2D eigenvalue weighted by molar-refractivity contribution is 7.81. The molecule has 1 aliphatic carbocycles. The molecule has 1 aromatic carbocycles. The standard InChI is InChI=1S/C15H20N2OS/c1-15(2,19)8-12(18)9-17-14-6-3-10-7-11(16)4-5-13(10)14/h4-5,7,19H,3,6,8-9,16H2,1-2H3. The summed E-state index contributed by atoms with van der Waals surface area (Å²) in [4.78, 5) is 16.3. The molecule has 0 amide bonds. The van der Waals surface area contributed by atoms with Gasteiger partial charge in [-0.05, 0) is 36.1 Å². The monoisotopic (exact) mass is 276 g/mol. The van der Waals surface area contributed by atoms with Gasteiger partial charge in [-0.25, -0.2) is 0 Å². The molecule has 0 saturated heterocycles. The van der Waals surface area contributed by atoms with Crippen LogP contribution in [0.5, 0.6) is 0 Å². The zero-order chi connectivity index (χ0) is 14.0. The maximum absolute atomic E-state index is 11.8. The Balaban J connectivity index is 2.05. The van der Waals surface area contributed by atoms with Gasteiger partial charge in [-0.3, -0.25) is 9.79 Å². The first-order valence-corrected chi connectivity index (χ1v) is 6.96. The Morgan fingerprint density at radius 3 is 2.84 bits per heavy atom. The van der Waals surface area contributed by atoms with Gasteiger partial charge in [0, 0.05) is 22.6 Å². The van der Waals surface area contributed by atoms with Crippen LogP contribution in [0.2, 0.25) is 0 Å². The maximum atomic E-state index is 11.8. The summed E-state index contributed by atoms with van der Waals surface area (Å²) in [6.07, 6.45) is 2.31. The molecule has 0 radical (unpaired) electrons. The van der Waals surface area contributed by atoms with E-state index in [1.54, 1.807) is 0 Å². The molecule has 1 aliphatic rings. The lowest BCUT2D eigenvalue weighted by Gasteiger charge is -2.14. The summed E-state index contributed by atoms with van der Waals surface area (Å²) in [5.41, 5.74) is 9.96. The Kier molecular flexibility index (Phi) is 3.99. The van der Waals surface area contributed by atoms with E-state index in [2.05, 4.69) is 17.6 Å². The fraction of sp³-hybridized carbons (Fsp3) is 0.467. The highest BCUT2D eigenvalue weighted by Gasteiger charge is 2.19. The number of rotatable bonds is 4. The first-order chi connectivity index (χ1) is 8.85. The Morgan fingerprint density at radius 2 is 2.16 bits per heavy atom. The zero-order valence-corrected chi connectivity index (χ0v) is 12.3. The van der Waals surface area contributed by atoms with Gasteiger partial charge in [-0.15, -0.1) is 0 Å². The van der Waals surface area contributed by atoms with Crippen molar-refractivity contribution in [2.45, 2.75) is 37.9 Å². The molecule has 0 atom stereocenters. The van der Waals surface area contributed by atoms with Crippen molar-refractivity contribution in [2.75, 3.05) is 12.3 Å². The molecule has 0 fully saturated rings. The first-order valence-electron chi connectivity index (χ1n) is 6.51. The molecule has 4 heteroatoms. The van der Waals surface area contributed by atoms with Crippen molar-refractivity contribution in [1.82, 2.24) is 0 Å². The number of ketones is 1. The molecule has 1 aromatic rings. The van der Waals surface area contributed by atoms with E-state index in [1.807, 2.05) is 32.0 Å². The smallest absolute Gasteiger partial charge is 0.155 e. The van der Waals surface area contributed by atoms with Crippen LogP contribution in [0.15, 0.2) is 23.2 Å². The fourth-order valence-corrected chi connectivity index (χ4v) is 2.55. The molecule has 3 nitrogen and oxygen atoms in total. The number of aryl methyl sites for hydroxylation is 1. The van der Waals surface area contributed by atoms with Gasteiger partial charge in [-0.2, -0.15) is 12.6 Å². The van der Waals surface area contributed by atoms with Crippen molar-refractivity contribution in [3.05, 3.63) is 29.3 Å². The van der Waals surface area contributed by atoms with Crippen LogP contribution in [-0.2, 0) is 11.2 Å². The number of hydrogen-bond acceptors (Lipinski definition) is 4. The lowest BCUT2D eigenvalue weighted by molar-refractivity contribution is -0.118. The summed E-state index contributed by atoms with van der Waals surface area (Å²) in [6.45, 7) is 4.13. The lowest BCUT2D eigenvalue weighted by atomic mass is 10.1. The quantitative estimate of drug-likeness (QED) is 0.656. The number of hydrogen-bond donors (Lipinski definition) is 2. The van der Waals surface area contributed by atoms with Crippen LogP contribution < -0.4 is 5.73 Å². The molecule has 0 unspecified atom stereocenters. The second-order valence-electron chi connectivity index (χ2n) is 5.71. The van der Waals surface area contributed by atoms with Gasteiger partial charge < -0.3 is 5.73 Å². The van der Waals surface area contributed by atoms with Gasteiger partial charge in [0.25, 0.3) is 0 Å². The summed E-state index contributed by atoms with van der Waals surface area (Å²) in [6, 6.07) is 5.89. The molecule has 0 saturated carbocycles. The molecule has 0 aliphatic heterocycles. The zero-order valence-electron chi connectivity index (χ0n) is 11.4. The Labute approximate surface area is 119 Å². The van der Waals surface area contributed by atoms with Gasteiger partial charge in [0.05, 0.1) is 6.54 Å². The number of nitrogens with two attached hydrogens (primary N) is 1. The summed E-state index contributed by atoms with van der Waals surface area (Å²) >= 11 is 4.37. The number of benzene rings is 1. The van der Waals surface area contributed by atoms with E-state index >= 15 is 0 Å². The predicted molar refractivity (Wildman–Crippen MR) is 83.3 cm³/mol. The number of thiol groups is 1. The molecule has 0 bridgehead atoms. The minimum atomic E-state index is -0.265. The highest BCUT2D eigenvalue weighted by Crippen LogP contribution is 2.25. The van der Waals surface area contributed by atoms with Gasteiger partial charge in [-0.1, -0.05) is 19.9 Å². The number of carbonyl (C=O) groups is 1. The number of fused-ring (bicyclic) bond motifs is 1. The van der Waals surface area contributed by atoms with Gasteiger partial charge >= 0.3 is 0 Å². The summed E-state index contributed by atoms with van der Waals surface area (Å²) in [7, 11) is 0. The second-order valence-corrected chi connectivity index (χ2v) is 6.92. The third-order valence-corrected chi connectivity index (χ3v) is 3.31. The van der Waals surface area contributed by atoms with Crippen LogP contribution in [0.3, 0.4) is 0 Å². The van der Waals surface area contributed by atoms with E-state index in [1.165, 1.54) is 5.56 Å². The molecular weight excluding hydrogens is 256 g/mol. The normalized spacial score (nSPS) is 16.7. The van der Waals surface area contributed by atoms with Gasteiger partial charge in [0.2, 0.25) is 0 Å². The Hall–Kier alpha value is -1.29. The van der Waals surface area contributed by atoms with Crippen LogP contribution in [0.4, 0.5) is 5.69 Å². The lowest BCUT2D eigenvalue weighted by Crippen LogP contribution is -2.19. The topological polar surface area (TPSA) is 55.5 Å². The van der Waals surface area contributed by atoms with Crippen molar-refractivity contribution in [3.8, 4) is 0 Å². The van der Waals surface area contributed by atoms with Crippen LogP contribution in [0.25, 0.3) is 0 Å². The largest absolute Gasteiger partial charge is 0.399 e. The van der Waals surface area contributed by atoms with Crippen LogP contribution in [0.1, 0.15) is 37.8 Å². The van der Waals surface area contributed by atoms with E-state index < -0.39 is 0 Å². The Morgan fingerprint density at radius 1 is 1.42 bits per heavy atom. The molecular formula is C15H20N2OS. The molecule has 0 aromatic heterocycles. The number of anilines is 1. The third-order valence-electron chi connectivity index (χ3n) is 3.15. The van der Waals surface area contributed by atoms with E-state index in [0.29, 0.717) is 6.42 Å². The molecule has 2 rings (SSSR count). The number of aliphatic imine (C=N–C) groups is 1. The summed E-state index contributed by atoms with van der Waals surface area (Å²) in [5, 5.41) is 0. The van der Waals surface area contributed by atoms with Crippen molar-refractivity contribution in [2.24, 2.45) is 4.99 Å². The minimum Gasteiger partial charge on any atom is -0.399 e. The van der Waals surface area contributed by atoms with E-state index in [-0.39, 0.29) is 17.1 Å². The van der Waals surface area contributed by atoms with Crippen LogP contribution in [-0.4, -0.2) is 22.8 Å². The second kappa shape index (κ2) is 5.37. The molecule has 0 spiro atoms. The molecule has 2 N–H and O–H groups in total. The number of Topliss-reactive ketones (excluding diaryl/α,β-unsaturated/α-hetero) is 1. The van der Waals surface area contributed by atoms with Crippen LogP contribution in [0, 0.1) is 0 Å². The SMILES string of the molecule is CC(C)(S)CC(=O)CN=C1CCc2cc(N)ccc21. The number of nitrogens with zero attached hydrogens (tertiary/aromatic N) is 1. The third kappa shape index (κ3) is 3.83. The van der Waals surface area contributed by atoms with Crippen molar-refractivity contribution >= 4 is 29.8 Å². The van der Waals surface area contributed by atoms with E-state index in [9.17, 15) is 4.79 Å². The van der Waals surface area contributed by atoms with Crippen LogP contribution >= 0.6 is 12.6 Å². The average molecular weight is 276 g/mol. The highest BCUT2D eigenvalue weighted by atomic mass is 32.1. The maximum Gasteiger partial charge on any atom is 0.155 e. The van der Waals surface area contributed by atoms with E-state index in [4.69, 9.17) is 5.73 Å². The summed E-state index contributed by atoms with van der Waals surface area (Å²) < 4.78 is -0.265.